The topological polar surface area (TPSA) is 12.4 Å². The predicted molar refractivity (Wildman–Crippen MR) is 54.7 cm³/mol. The van der Waals surface area contributed by atoms with Gasteiger partial charge in [-0.25, -0.2) is 0 Å². The Bertz CT molecular complexity index is 244. The molecule has 0 N–H and O–H groups in total. The van der Waals surface area contributed by atoms with Crippen LogP contribution in [0.15, 0.2) is 28.3 Å². The van der Waals surface area contributed by atoms with Gasteiger partial charge in [0.15, 0.2) is 0 Å². The molecule has 0 saturated carbocycles. The van der Waals surface area contributed by atoms with Crippen molar-refractivity contribution in [2.24, 2.45) is 4.99 Å². The molecule has 0 aromatic heterocycles. The quantitative estimate of drug-likeness (QED) is 0.567. The van der Waals surface area contributed by atoms with Gasteiger partial charge in [0.1, 0.15) is 0 Å². The maximum atomic E-state index is 4.27. The highest BCUT2D eigenvalue weighted by atomic mass is 14.7. The summed E-state index contributed by atoms with van der Waals surface area (Å²) >= 11 is 0. The molecule has 0 amide bonds. The van der Waals surface area contributed by atoms with Gasteiger partial charge in [-0.2, -0.15) is 0 Å². The molecule has 1 rings (SSSR count). The van der Waals surface area contributed by atoms with Crippen molar-refractivity contribution in [3.63, 3.8) is 0 Å². The van der Waals surface area contributed by atoms with Gasteiger partial charge in [-0.15, -0.1) is 0 Å². The summed E-state index contributed by atoms with van der Waals surface area (Å²) in [6.07, 6.45) is 7.78. The summed E-state index contributed by atoms with van der Waals surface area (Å²) in [4.78, 5) is 4.27. The van der Waals surface area contributed by atoms with E-state index in [1.165, 1.54) is 23.3 Å². The van der Waals surface area contributed by atoms with Gasteiger partial charge in [-0.05, 0) is 24.8 Å². The fraction of sp³-hybridized carbons (Fsp3) is 0.545. The summed E-state index contributed by atoms with van der Waals surface area (Å²) in [5, 5.41) is 0. The van der Waals surface area contributed by atoms with Crippen LogP contribution in [0.25, 0.3) is 0 Å². The van der Waals surface area contributed by atoms with Gasteiger partial charge in [-0.3, -0.25) is 4.99 Å². The lowest BCUT2D eigenvalue weighted by Gasteiger charge is -2.04. The van der Waals surface area contributed by atoms with E-state index in [-0.39, 0.29) is 0 Å². The first kappa shape index (κ1) is 9.24. The summed E-state index contributed by atoms with van der Waals surface area (Å²) in [5.41, 5.74) is 4.20. The Labute approximate surface area is 74.9 Å². The van der Waals surface area contributed by atoms with Crippen LogP contribution in [0.2, 0.25) is 0 Å². The molecule has 1 nitrogen and oxygen atoms in total. The highest BCUT2D eigenvalue weighted by molar-refractivity contribution is 6.01. The Morgan fingerprint density at radius 1 is 1.42 bits per heavy atom. The molecule has 1 aliphatic carbocycles. The number of aliphatic imine (C=N–C) groups is 1. The molecule has 0 radical (unpaired) electrons. The van der Waals surface area contributed by atoms with E-state index in [9.17, 15) is 0 Å². The van der Waals surface area contributed by atoms with Gasteiger partial charge in [0.05, 0.1) is 0 Å². The van der Waals surface area contributed by atoms with Gasteiger partial charge < -0.3 is 0 Å². The number of hydrogen-bond donors (Lipinski definition) is 0. The average Bonchev–Trinajstić information content (AvgIpc) is 2.55. The van der Waals surface area contributed by atoms with E-state index < -0.39 is 0 Å². The van der Waals surface area contributed by atoms with Crippen LogP contribution < -0.4 is 0 Å². The van der Waals surface area contributed by atoms with Gasteiger partial charge in [-0.1, -0.05) is 31.6 Å². The Morgan fingerprint density at radius 2 is 2.17 bits per heavy atom. The third-order valence-electron chi connectivity index (χ3n) is 2.37. The SMILES string of the molecule is CCC1=CC=C(C(CC)=NC)C1. The van der Waals surface area contributed by atoms with Crippen molar-refractivity contribution in [3.05, 3.63) is 23.3 Å². The Morgan fingerprint density at radius 3 is 2.58 bits per heavy atom. The molecular formula is C11H17N. The molecule has 0 aliphatic heterocycles. The minimum atomic E-state index is 1.05. The van der Waals surface area contributed by atoms with Crippen molar-refractivity contribution in [2.45, 2.75) is 33.1 Å². The van der Waals surface area contributed by atoms with E-state index >= 15 is 0 Å². The van der Waals surface area contributed by atoms with Gasteiger partial charge >= 0.3 is 0 Å². The minimum Gasteiger partial charge on any atom is -0.293 e. The second kappa shape index (κ2) is 4.24. The van der Waals surface area contributed by atoms with Crippen LogP contribution >= 0.6 is 0 Å². The van der Waals surface area contributed by atoms with Crippen LogP contribution in [-0.2, 0) is 0 Å². The number of allylic oxidation sites excluding steroid dienone is 4. The number of rotatable bonds is 3. The minimum absolute atomic E-state index is 1.05. The van der Waals surface area contributed by atoms with Gasteiger partial charge in [0.2, 0.25) is 0 Å². The highest BCUT2D eigenvalue weighted by Crippen LogP contribution is 2.23. The zero-order valence-corrected chi connectivity index (χ0v) is 8.22. The molecule has 1 aliphatic rings. The van der Waals surface area contributed by atoms with E-state index in [4.69, 9.17) is 0 Å². The van der Waals surface area contributed by atoms with Crippen molar-refractivity contribution in [3.8, 4) is 0 Å². The van der Waals surface area contributed by atoms with Crippen LogP contribution in [0.5, 0.6) is 0 Å². The normalized spacial score (nSPS) is 17.8. The lowest BCUT2D eigenvalue weighted by molar-refractivity contribution is 1.03. The fourth-order valence-corrected chi connectivity index (χ4v) is 1.55. The maximum absolute atomic E-state index is 4.27. The van der Waals surface area contributed by atoms with Crippen molar-refractivity contribution < 1.29 is 0 Å². The van der Waals surface area contributed by atoms with Crippen molar-refractivity contribution in [1.82, 2.24) is 0 Å². The lowest BCUT2D eigenvalue weighted by atomic mass is 10.0. The average molecular weight is 163 g/mol. The molecule has 0 unspecified atom stereocenters. The standard InChI is InChI=1S/C11H17N/c1-4-9-6-7-10(8-9)11(5-2)12-3/h6-7H,4-5,8H2,1-3H3. The molecule has 1 heteroatoms. The summed E-state index contributed by atoms with van der Waals surface area (Å²) in [5.74, 6) is 0. The van der Waals surface area contributed by atoms with Crippen LogP contribution in [-0.4, -0.2) is 12.8 Å². The largest absolute Gasteiger partial charge is 0.293 e. The Kier molecular flexibility index (Phi) is 3.27. The smallest absolute Gasteiger partial charge is 0.0377 e. The Hall–Kier alpha value is -0.850. The molecule has 0 atom stereocenters. The van der Waals surface area contributed by atoms with Crippen molar-refractivity contribution >= 4 is 5.71 Å². The first-order chi connectivity index (χ1) is 5.81. The zero-order chi connectivity index (χ0) is 8.97. The maximum Gasteiger partial charge on any atom is 0.0377 e. The van der Waals surface area contributed by atoms with E-state index in [2.05, 4.69) is 31.0 Å². The van der Waals surface area contributed by atoms with Crippen molar-refractivity contribution in [2.75, 3.05) is 7.05 Å². The monoisotopic (exact) mass is 163 g/mol. The molecule has 12 heavy (non-hydrogen) atoms. The third kappa shape index (κ3) is 1.84. The molecule has 0 aromatic carbocycles. The molecule has 0 bridgehead atoms. The summed E-state index contributed by atoms with van der Waals surface area (Å²) < 4.78 is 0. The molecule has 0 heterocycles. The molecule has 0 aromatic rings. The lowest BCUT2D eigenvalue weighted by Crippen LogP contribution is -1.99. The third-order valence-corrected chi connectivity index (χ3v) is 2.37. The molecule has 0 spiro atoms. The summed E-state index contributed by atoms with van der Waals surface area (Å²) in [6, 6.07) is 0. The Balaban J connectivity index is 2.61. The van der Waals surface area contributed by atoms with Crippen molar-refractivity contribution in [1.29, 1.82) is 0 Å². The second-order valence-electron chi connectivity index (χ2n) is 3.07. The van der Waals surface area contributed by atoms with Crippen LogP contribution in [0, 0.1) is 0 Å². The summed E-state index contributed by atoms with van der Waals surface area (Å²) in [6.45, 7) is 4.37. The van der Waals surface area contributed by atoms with Crippen LogP contribution in [0.4, 0.5) is 0 Å². The molecule has 66 valence electrons. The predicted octanol–water partition coefficient (Wildman–Crippen LogP) is 3.13. The highest BCUT2D eigenvalue weighted by Gasteiger charge is 2.10. The van der Waals surface area contributed by atoms with Crippen LogP contribution in [0.1, 0.15) is 33.1 Å². The van der Waals surface area contributed by atoms with Gasteiger partial charge in [0, 0.05) is 12.8 Å². The number of nitrogens with zero attached hydrogens (tertiary/aromatic N) is 1. The molecule has 0 fully saturated rings. The van der Waals surface area contributed by atoms with Gasteiger partial charge in [0.25, 0.3) is 0 Å². The molecule has 0 saturated heterocycles. The fourth-order valence-electron chi connectivity index (χ4n) is 1.55. The van der Waals surface area contributed by atoms with E-state index in [1.54, 1.807) is 0 Å². The van der Waals surface area contributed by atoms with E-state index in [0.29, 0.717) is 0 Å². The van der Waals surface area contributed by atoms with E-state index in [1.807, 2.05) is 7.05 Å². The first-order valence-electron chi connectivity index (χ1n) is 4.66. The summed E-state index contributed by atoms with van der Waals surface area (Å²) in [7, 11) is 1.88. The number of hydrogen-bond acceptors (Lipinski definition) is 1. The van der Waals surface area contributed by atoms with E-state index in [0.717, 1.165) is 12.8 Å². The first-order valence-corrected chi connectivity index (χ1v) is 4.66. The molecular weight excluding hydrogens is 146 g/mol. The zero-order valence-electron chi connectivity index (χ0n) is 8.22. The second-order valence-corrected chi connectivity index (χ2v) is 3.07. The van der Waals surface area contributed by atoms with Crippen LogP contribution in [0.3, 0.4) is 0 Å².